The minimum Gasteiger partial charge on any atom is -0.461 e. The Hall–Kier alpha value is -1.65. The van der Waals surface area contributed by atoms with E-state index in [2.05, 4.69) is 11.1 Å². The molecular weight excluding hydrogens is 246 g/mol. The first-order valence-electron chi connectivity index (χ1n) is 5.83. The second kappa shape index (κ2) is 4.55. The summed E-state index contributed by atoms with van der Waals surface area (Å²) in [5.74, 6) is 1.64. The van der Waals surface area contributed by atoms with Crippen LogP contribution in [-0.4, -0.2) is 16.2 Å². The molecule has 0 saturated heterocycles. The van der Waals surface area contributed by atoms with Gasteiger partial charge in [0.15, 0.2) is 0 Å². The molecule has 18 heavy (non-hydrogen) atoms. The zero-order chi connectivity index (χ0) is 12.5. The number of nitrogens with zero attached hydrogens (tertiary/aromatic N) is 1. The molecule has 2 aromatic heterocycles. The van der Waals surface area contributed by atoms with Gasteiger partial charge in [-0.1, -0.05) is 0 Å². The highest BCUT2D eigenvalue weighted by Crippen LogP contribution is 2.27. The molecule has 0 bridgehead atoms. The van der Waals surface area contributed by atoms with Gasteiger partial charge in [-0.3, -0.25) is 0 Å². The molecule has 1 N–H and O–H groups in total. The van der Waals surface area contributed by atoms with Crippen LogP contribution in [-0.2, 0) is 6.42 Å². The maximum absolute atomic E-state index is 9.33. The molecule has 0 aliphatic heterocycles. The molecule has 92 valence electrons. The Bertz CT molecular complexity index is 669. The van der Waals surface area contributed by atoms with E-state index in [1.807, 2.05) is 29.8 Å². The second-order valence-electron chi connectivity index (χ2n) is 4.35. The fourth-order valence-electron chi connectivity index (χ4n) is 1.94. The molecule has 0 saturated carbocycles. The Balaban J connectivity index is 1.95. The minimum absolute atomic E-state index is 0.382. The third-order valence-corrected chi connectivity index (χ3v) is 3.57. The predicted molar refractivity (Wildman–Crippen MR) is 72.7 cm³/mol. The molecule has 1 aromatic carbocycles. The molecule has 1 atom stereocenters. The SMILES string of the molecule is CC(O)Cc1ccc(-c2ccc3ncsc3c2)o1. The molecule has 0 radical (unpaired) electrons. The predicted octanol–water partition coefficient (Wildman–Crippen LogP) is 3.48. The Morgan fingerprint density at radius 1 is 1.33 bits per heavy atom. The van der Waals surface area contributed by atoms with E-state index >= 15 is 0 Å². The summed E-state index contributed by atoms with van der Waals surface area (Å²) in [7, 11) is 0. The summed E-state index contributed by atoms with van der Waals surface area (Å²) in [5.41, 5.74) is 3.90. The highest BCUT2D eigenvalue weighted by atomic mass is 32.1. The molecule has 0 fully saturated rings. The van der Waals surface area contributed by atoms with Crippen molar-refractivity contribution in [1.82, 2.24) is 4.98 Å². The van der Waals surface area contributed by atoms with Crippen molar-refractivity contribution in [2.45, 2.75) is 19.4 Å². The van der Waals surface area contributed by atoms with Gasteiger partial charge >= 0.3 is 0 Å². The van der Waals surface area contributed by atoms with Crippen molar-refractivity contribution in [1.29, 1.82) is 0 Å². The maximum atomic E-state index is 9.33. The number of thiazole rings is 1. The molecule has 1 unspecified atom stereocenters. The number of aliphatic hydroxyl groups is 1. The van der Waals surface area contributed by atoms with Crippen molar-refractivity contribution in [3.63, 3.8) is 0 Å². The summed E-state index contributed by atoms with van der Waals surface area (Å²) >= 11 is 1.62. The van der Waals surface area contributed by atoms with Crippen LogP contribution in [0.2, 0.25) is 0 Å². The molecule has 2 heterocycles. The van der Waals surface area contributed by atoms with Crippen LogP contribution in [0.1, 0.15) is 12.7 Å². The topological polar surface area (TPSA) is 46.3 Å². The third kappa shape index (κ3) is 2.17. The first-order chi connectivity index (χ1) is 8.72. The quantitative estimate of drug-likeness (QED) is 0.783. The monoisotopic (exact) mass is 259 g/mol. The van der Waals surface area contributed by atoms with Gasteiger partial charge in [-0.2, -0.15) is 0 Å². The maximum Gasteiger partial charge on any atom is 0.134 e. The Morgan fingerprint density at radius 3 is 3.06 bits per heavy atom. The minimum atomic E-state index is -0.382. The fourth-order valence-corrected chi connectivity index (χ4v) is 2.66. The van der Waals surface area contributed by atoms with Crippen molar-refractivity contribution < 1.29 is 9.52 Å². The van der Waals surface area contributed by atoms with Crippen LogP contribution in [0, 0.1) is 0 Å². The first kappa shape index (κ1) is 11.4. The van der Waals surface area contributed by atoms with Crippen molar-refractivity contribution in [2.24, 2.45) is 0 Å². The molecule has 0 aliphatic carbocycles. The van der Waals surface area contributed by atoms with E-state index in [9.17, 15) is 5.11 Å². The van der Waals surface area contributed by atoms with E-state index in [0.717, 1.165) is 27.3 Å². The van der Waals surface area contributed by atoms with Crippen LogP contribution >= 0.6 is 11.3 Å². The van der Waals surface area contributed by atoms with E-state index < -0.39 is 0 Å². The van der Waals surface area contributed by atoms with Crippen molar-refractivity contribution in [2.75, 3.05) is 0 Å². The van der Waals surface area contributed by atoms with Gasteiger partial charge < -0.3 is 9.52 Å². The molecule has 3 aromatic rings. The Labute approximate surface area is 109 Å². The van der Waals surface area contributed by atoms with Gasteiger partial charge in [0.1, 0.15) is 11.5 Å². The summed E-state index contributed by atoms with van der Waals surface area (Å²) in [5, 5.41) is 9.33. The smallest absolute Gasteiger partial charge is 0.134 e. The lowest BCUT2D eigenvalue weighted by Crippen LogP contribution is -2.02. The van der Waals surface area contributed by atoms with Crippen LogP contribution in [0.15, 0.2) is 40.3 Å². The van der Waals surface area contributed by atoms with Crippen LogP contribution in [0.25, 0.3) is 21.5 Å². The first-order valence-corrected chi connectivity index (χ1v) is 6.71. The van der Waals surface area contributed by atoms with E-state index in [1.54, 1.807) is 18.3 Å². The number of hydrogen-bond donors (Lipinski definition) is 1. The zero-order valence-corrected chi connectivity index (χ0v) is 10.8. The van der Waals surface area contributed by atoms with E-state index in [0.29, 0.717) is 6.42 Å². The van der Waals surface area contributed by atoms with Crippen molar-refractivity contribution >= 4 is 21.6 Å². The number of aliphatic hydroxyl groups excluding tert-OH is 1. The Morgan fingerprint density at radius 2 is 2.22 bits per heavy atom. The van der Waals surface area contributed by atoms with Crippen LogP contribution in [0.3, 0.4) is 0 Å². The van der Waals surface area contributed by atoms with Crippen LogP contribution in [0.5, 0.6) is 0 Å². The standard InChI is InChI=1S/C14H13NO2S/c1-9(16)6-11-3-5-13(17-11)10-2-4-12-14(7-10)18-8-15-12/h2-5,7-9,16H,6H2,1H3. The fraction of sp³-hybridized carbons (Fsp3) is 0.214. The molecule has 4 heteroatoms. The average Bonchev–Trinajstić information content (AvgIpc) is 2.95. The molecular formula is C14H13NO2S. The highest BCUT2D eigenvalue weighted by Gasteiger charge is 2.08. The molecule has 3 rings (SSSR count). The normalized spacial score (nSPS) is 13.0. The number of fused-ring (bicyclic) bond motifs is 1. The summed E-state index contributed by atoms with van der Waals surface area (Å²) in [6.45, 7) is 1.76. The number of furan rings is 1. The van der Waals surface area contributed by atoms with Gasteiger partial charge in [-0.25, -0.2) is 4.98 Å². The molecule has 0 spiro atoms. The van der Waals surface area contributed by atoms with Gasteiger partial charge in [0.2, 0.25) is 0 Å². The van der Waals surface area contributed by atoms with E-state index in [4.69, 9.17) is 4.42 Å². The third-order valence-electron chi connectivity index (χ3n) is 2.77. The summed E-state index contributed by atoms with van der Waals surface area (Å²) in [6.07, 6.45) is 0.163. The van der Waals surface area contributed by atoms with Crippen LogP contribution in [0.4, 0.5) is 0 Å². The average molecular weight is 259 g/mol. The number of aromatic nitrogens is 1. The summed E-state index contributed by atoms with van der Waals surface area (Å²) in [4.78, 5) is 4.25. The number of hydrogen-bond acceptors (Lipinski definition) is 4. The highest BCUT2D eigenvalue weighted by molar-refractivity contribution is 7.16. The second-order valence-corrected chi connectivity index (χ2v) is 5.24. The van der Waals surface area contributed by atoms with Gasteiger partial charge in [-0.05, 0) is 37.3 Å². The largest absolute Gasteiger partial charge is 0.461 e. The summed E-state index contributed by atoms with van der Waals surface area (Å²) < 4.78 is 6.88. The van der Waals surface area contributed by atoms with Gasteiger partial charge in [-0.15, -0.1) is 11.3 Å². The number of benzene rings is 1. The Kier molecular flexibility index (Phi) is 2.89. The lowest BCUT2D eigenvalue weighted by Gasteiger charge is -2.00. The molecule has 3 nitrogen and oxygen atoms in total. The molecule has 0 amide bonds. The van der Waals surface area contributed by atoms with Crippen molar-refractivity contribution in [3.05, 3.63) is 41.6 Å². The zero-order valence-electron chi connectivity index (χ0n) is 9.96. The van der Waals surface area contributed by atoms with Crippen molar-refractivity contribution in [3.8, 4) is 11.3 Å². The lowest BCUT2D eigenvalue weighted by atomic mass is 10.1. The van der Waals surface area contributed by atoms with Gasteiger partial charge in [0.25, 0.3) is 0 Å². The number of rotatable bonds is 3. The lowest BCUT2D eigenvalue weighted by molar-refractivity contribution is 0.187. The molecule has 0 aliphatic rings. The van der Waals surface area contributed by atoms with Crippen LogP contribution < -0.4 is 0 Å². The summed E-state index contributed by atoms with van der Waals surface area (Å²) in [6, 6.07) is 9.95. The van der Waals surface area contributed by atoms with E-state index in [-0.39, 0.29) is 6.10 Å². The van der Waals surface area contributed by atoms with Gasteiger partial charge in [0, 0.05) is 12.0 Å². The van der Waals surface area contributed by atoms with Gasteiger partial charge in [0.05, 0.1) is 21.8 Å². The van der Waals surface area contributed by atoms with E-state index in [1.165, 1.54) is 0 Å².